The van der Waals surface area contributed by atoms with Crippen molar-refractivity contribution >= 4 is 6.08 Å². The van der Waals surface area contributed by atoms with Crippen molar-refractivity contribution in [3.05, 3.63) is 41.0 Å². The van der Waals surface area contributed by atoms with E-state index in [2.05, 4.69) is 37.3 Å². The number of hydrogen-bond acceptors (Lipinski definition) is 0. The molecule has 0 heteroatoms. The molecule has 0 atom stereocenters. The molecule has 0 radical (unpaired) electrons. The van der Waals surface area contributed by atoms with Crippen molar-refractivity contribution in [1.82, 2.24) is 0 Å². The Hall–Kier alpha value is -1.04. The molecule has 0 unspecified atom stereocenters. The fourth-order valence-electron chi connectivity index (χ4n) is 2.16. The van der Waals surface area contributed by atoms with Crippen molar-refractivity contribution in [3.63, 3.8) is 0 Å². The van der Waals surface area contributed by atoms with Crippen LogP contribution < -0.4 is 0 Å². The van der Waals surface area contributed by atoms with Gasteiger partial charge < -0.3 is 0 Å². The van der Waals surface area contributed by atoms with Crippen LogP contribution in [0.15, 0.2) is 24.3 Å². The van der Waals surface area contributed by atoms with E-state index in [0.29, 0.717) is 0 Å². The Bertz CT molecular complexity index is 334. The average molecular weight is 186 g/mol. The molecule has 14 heavy (non-hydrogen) atoms. The molecule has 0 N–H and O–H groups in total. The van der Waals surface area contributed by atoms with E-state index in [-0.39, 0.29) is 0 Å². The van der Waals surface area contributed by atoms with Crippen molar-refractivity contribution in [2.24, 2.45) is 0 Å². The summed E-state index contributed by atoms with van der Waals surface area (Å²) in [5, 5.41) is 0. The van der Waals surface area contributed by atoms with Gasteiger partial charge in [0.2, 0.25) is 0 Å². The van der Waals surface area contributed by atoms with Crippen LogP contribution in [0.25, 0.3) is 6.08 Å². The van der Waals surface area contributed by atoms with Crippen LogP contribution in [0.1, 0.15) is 42.9 Å². The fraction of sp³-hybridized carbons (Fsp3) is 0.429. The number of aryl methyl sites for hydroxylation is 1. The quantitative estimate of drug-likeness (QED) is 0.624. The fourth-order valence-corrected chi connectivity index (χ4v) is 2.16. The number of hydrogen-bond donors (Lipinski definition) is 0. The van der Waals surface area contributed by atoms with Gasteiger partial charge in [-0.1, -0.05) is 50.1 Å². The van der Waals surface area contributed by atoms with Crippen molar-refractivity contribution in [1.29, 1.82) is 0 Å². The van der Waals surface area contributed by atoms with Crippen molar-refractivity contribution in [2.75, 3.05) is 0 Å². The van der Waals surface area contributed by atoms with E-state index in [9.17, 15) is 0 Å². The highest BCUT2D eigenvalue weighted by atomic mass is 14.1. The first-order chi connectivity index (χ1) is 6.92. The molecule has 1 aliphatic carbocycles. The molecule has 0 saturated carbocycles. The van der Waals surface area contributed by atoms with E-state index < -0.39 is 0 Å². The third-order valence-corrected chi connectivity index (χ3v) is 2.98. The molecule has 2 rings (SSSR count). The number of fused-ring (bicyclic) bond motifs is 1. The maximum atomic E-state index is 2.29. The lowest BCUT2D eigenvalue weighted by Crippen LogP contribution is -1.93. The summed E-state index contributed by atoms with van der Waals surface area (Å²) in [6.07, 6.45) is 10.9. The largest absolute Gasteiger partial charge is 0.0795 e. The Morgan fingerprint density at radius 2 is 2.14 bits per heavy atom. The van der Waals surface area contributed by atoms with Gasteiger partial charge >= 0.3 is 0 Å². The van der Waals surface area contributed by atoms with Crippen LogP contribution in [0, 0.1) is 0 Å². The zero-order chi connectivity index (χ0) is 9.80. The predicted molar refractivity (Wildman–Crippen MR) is 62.4 cm³/mol. The van der Waals surface area contributed by atoms with E-state index in [4.69, 9.17) is 0 Å². The predicted octanol–water partition coefficient (Wildman–Crippen LogP) is 3.99. The topological polar surface area (TPSA) is 0 Å². The van der Waals surface area contributed by atoms with E-state index in [1.54, 1.807) is 11.1 Å². The molecule has 0 nitrogen and oxygen atoms in total. The van der Waals surface area contributed by atoms with Crippen LogP contribution in [-0.2, 0) is 12.8 Å². The summed E-state index contributed by atoms with van der Waals surface area (Å²) in [7, 11) is 0. The van der Waals surface area contributed by atoms with Crippen LogP contribution in [-0.4, -0.2) is 0 Å². The van der Waals surface area contributed by atoms with Gasteiger partial charge in [-0.3, -0.25) is 0 Å². The first-order valence-corrected chi connectivity index (χ1v) is 5.69. The number of unbranched alkanes of at least 4 members (excludes halogenated alkanes) is 2. The maximum Gasteiger partial charge on any atom is -0.00854 e. The van der Waals surface area contributed by atoms with Crippen LogP contribution in [0.5, 0.6) is 0 Å². The van der Waals surface area contributed by atoms with Gasteiger partial charge in [-0.25, -0.2) is 0 Å². The van der Waals surface area contributed by atoms with Gasteiger partial charge in [-0.15, -0.1) is 0 Å². The first kappa shape index (κ1) is 9.51. The average Bonchev–Trinajstić information content (AvgIpc) is 2.67. The molecule has 0 spiro atoms. The van der Waals surface area contributed by atoms with Gasteiger partial charge in [0.25, 0.3) is 0 Å². The summed E-state index contributed by atoms with van der Waals surface area (Å²) in [6.45, 7) is 2.26. The normalized spacial score (nSPS) is 13.2. The lowest BCUT2D eigenvalue weighted by atomic mass is 9.98. The van der Waals surface area contributed by atoms with E-state index in [0.717, 1.165) is 6.42 Å². The molecule has 0 saturated heterocycles. The second kappa shape index (κ2) is 4.45. The highest BCUT2D eigenvalue weighted by Gasteiger charge is 2.08. The molecule has 0 heterocycles. The lowest BCUT2D eigenvalue weighted by molar-refractivity contribution is 0.714. The lowest BCUT2D eigenvalue weighted by Gasteiger charge is -2.07. The second-order valence-electron chi connectivity index (χ2n) is 4.05. The third-order valence-electron chi connectivity index (χ3n) is 2.98. The highest BCUT2D eigenvalue weighted by Crippen LogP contribution is 2.24. The van der Waals surface area contributed by atoms with E-state index in [1.165, 1.54) is 31.2 Å². The SMILES string of the molecule is CCCCCc1cccc2c1CC=C2. The summed E-state index contributed by atoms with van der Waals surface area (Å²) in [4.78, 5) is 0. The first-order valence-electron chi connectivity index (χ1n) is 5.69. The Labute approximate surface area is 86.7 Å². The van der Waals surface area contributed by atoms with Crippen molar-refractivity contribution in [3.8, 4) is 0 Å². The summed E-state index contributed by atoms with van der Waals surface area (Å²) in [5.74, 6) is 0. The molecule has 0 bridgehead atoms. The number of benzene rings is 1. The number of allylic oxidation sites excluding steroid dienone is 1. The zero-order valence-electron chi connectivity index (χ0n) is 8.92. The molecule has 1 aromatic carbocycles. The Balaban J connectivity index is 2.08. The Kier molecular flexibility index (Phi) is 3.03. The molecular formula is C14H18. The number of rotatable bonds is 4. The minimum atomic E-state index is 1.15. The summed E-state index contributed by atoms with van der Waals surface area (Å²) >= 11 is 0. The molecule has 0 fully saturated rings. The van der Waals surface area contributed by atoms with Crippen LogP contribution in [0.4, 0.5) is 0 Å². The Morgan fingerprint density at radius 3 is 3.00 bits per heavy atom. The highest BCUT2D eigenvalue weighted by molar-refractivity contribution is 5.61. The maximum absolute atomic E-state index is 2.29. The Morgan fingerprint density at radius 1 is 1.21 bits per heavy atom. The minimum absolute atomic E-state index is 1.15. The van der Waals surface area contributed by atoms with Crippen LogP contribution in [0.2, 0.25) is 0 Å². The standard InChI is InChI=1S/C14H18/c1-2-3-4-7-12-8-5-9-13-10-6-11-14(12)13/h5-6,8-10H,2-4,7,11H2,1H3. The summed E-state index contributed by atoms with van der Waals surface area (Å²) in [6, 6.07) is 6.71. The van der Waals surface area contributed by atoms with Gasteiger partial charge in [0.15, 0.2) is 0 Å². The van der Waals surface area contributed by atoms with E-state index >= 15 is 0 Å². The molecular weight excluding hydrogens is 168 g/mol. The van der Waals surface area contributed by atoms with Gasteiger partial charge in [0.05, 0.1) is 0 Å². The summed E-state index contributed by atoms with van der Waals surface area (Å²) in [5.41, 5.74) is 4.59. The zero-order valence-corrected chi connectivity index (χ0v) is 8.92. The van der Waals surface area contributed by atoms with Crippen molar-refractivity contribution < 1.29 is 0 Å². The molecule has 0 aromatic heterocycles. The van der Waals surface area contributed by atoms with Crippen LogP contribution >= 0.6 is 0 Å². The third kappa shape index (κ3) is 1.89. The van der Waals surface area contributed by atoms with E-state index in [1.807, 2.05) is 0 Å². The summed E-state index contributed by atoms with van der Waals surface area (Å²) < 4.78 is 0. The van der Waals surface area contributed by atoms with Gasteiger partial charge in [-0.2, -0.15) is 0 Å². The molecule has 74 valence electrons. The molecule has 0 amide bonds. The van der Waals surface area contributed by atoms with Gasteiger partial charge in [-0.05, 0) is 36.0 Å². The van der Waals surface area contributed by atoms with Gasteiger partial charge in [0, 0.05) is 0 Å². The molecule has 1 aromatic rings. The van der Waals surface area contributed by atoms with Gasteiger partial charge in [0.1, 0.15) is 0 Å². The minimum Gasteiger partial charge on any atom is -0.0795 e. The second-order valence-corrected chi connectivity index (χ2v) is 4.05. The molecule has 1 aliphatic rings. The smallest absolute Gasteiger partial charge is 0.00854 e. The van der Waals surface area contributed by atoms with Crippen molar-refractivity contribution in [2.45, 2.75) is 39.0 Å². The molecule has 0 aliphatic heterocycles. The monoisotopic (exact) mass is 186 g/mol. The van der Waals surface area contributed by atoms with Crippen LogP contribution in [0.3, 0.4) is 0 Å².